The Hall–Kier alpha value is -3.94. The minimum atomic E-state index is -1.02. The molecule has 188 valence electrons. The standard InChI is InChI=1S/C28H31N3O5/c1-18(2)17-35-28(34)36-26-23(32)15-29-31-22(16-30(19(3)4)27(33)25(26)31)24(20-11-7-5-8-12-20)21-13-9-6-10-14-21/h5-15,18-19,22,24H,16-17H2,1-4H3/t22-/m1/s1. The summed E-state index contributed by atoms with van der Waals surface area (Å²) in [5, 5.41) is 4.38. The molecule has 8 nitrogen and oxygen atoms in total. The highest BCUT2D eigenvalue weighted by Crippen LogP contribution is 2.39. The molecule has 0 bridgehead atoms. The highest BCUT2D eigenvalue weighted by Gasteiger charge is 2.41. The van der Waals surface area contributed by atoms with Crippen molar-refractivity contribution in [2.75, 3.05) is 13.2 Å². The Morgan fingerprint density at radius 1 is 0.972 bits per heavy atom. The molecule has 0 spiro atoms. The van der Waals surface area contributed by atoms with Crippen molar-refractivity contribution in [2.24, 2.45) is 5.92 Å². The molecule has 2 heterocycles. The molecule has 1 atom stereocenters. The third-order valence-electron chi connectivity index (χ3n) is 6.17. The lowest BCUT2D eigenvalue weighted by Crippen LogP contribution is -2.50. The molecule has 2 aromatic carbocycles. The predicted molar refractivity (Wildman–Crippen MR) is 135 cm³/mol. The number of carbonyl (C=O) groups is 2. The molecule has 1 aromatic heterocycles. The molecule has 1 amide bonds. The normalized spacial score (nSPS) is 15.4. The summed E-state index contributed by atoms with van der Waals surface area (Å²) in [6.07, 6.45) is 0.0657. The summed E-state index contributed by atoms with van der Waals surface area (Å²) in [6, 6.07) is 19.4. The summed E-state index contributed by atoms with van der Waals surface area (Å²) in [4.78, 5) is 40.5. The number of nitrogens with zero attached hydrogens (tertiary/aromatic N) is 3. The fourth-order valence-corrected chi connectivity index (χ4v) is 4.49. The number of aromatic nitrogens is 2. The van der Waals surface area contributed by atoms with Crippen LogP contribution in [0.15, 0.2) is 71.7 Å². The number of amides is 1. The molecule has 3 aromatic rings. The topological polar surface area (TPSA) is 90.7 Å². The van der Waals surface area contributed by atoms with Crippen molar-refractivity contribution in [3.8, 4) is 5.75 Å². The maximum atomic E-state index is 13.6. The van der Waals surface area contributed by atoms with Gasteiger partial charge in [-0.15, -0.1) is 0 Å². The molecule has 8 heteroatoms. The van der Waals surface area contributed by atoms with Crippen molar-refractivity contribution >= 4 is 12.1 Å². The summed E-state index contributed by atoms with van der Waals surface area (Å²) in [6.45, 7) is 8.10. The van der Waals surface area contributed by atoms with Gasteiger partial charge in [0.2, 0.25) is 11.2 Å². The summed E-state index contributed by atoms with van der Waals surface area (Å²) < 4.78 is 12.0. The van der Waals surface area contributed by atoms with Gasteiger partial charge in [-0.05, 0) is 30.9 Å². The van der Waals surface area contributed by atoms with E-state index in [-0.39, 0.29) is 42.0 Å². The van der Waals surface area contributed by atoms with Gasteiger partial charge in [-0.3, -0.25) is 14.3 Å². The molecule has 0 N–H and O–H groups in total. The second-order valence-corrected chi connectivity index (χ2v) is 9.61. The lowest BCUT2D eigenvalue weighted by Gasteiger charge is -2.41. The summed E-state index contributed by atoms with van der Waals surface area (Å²) in [7, 11) is 0. The van der Waals surface area contributed by atoms with E-state index in [1.54, 1.807) is 9.58 Å². The van der Waals surface area contributed by atoms with Crippen LogP contribution in [0.5, 0.6) is 5.75 Å². The van der Waals surface area contributed by atoms with Crippen molar-refractivity contribution in [3.63, 3.8) is 0 Å². The number of hydrogen-bond donors (Lipinski definition) is 0. The van der Waals surface area contributed by atoms with Crippen molar-refractivity contribution in [3.05, 3.63) is 93.9 Å². The van der Waals surface area contributed by atoms with E-state index >= 15 is 0 Å². The van der Waals surface area contributed by atoms with Crippen LogP contribution in [0.25, 0.3) is 0 Å². The second-order valence-electron chi connectivity index (χ2n) is 9.61. The molecular weight excluding hydrogens is 458 g/mol. The zero-order chi connectivity index (χ0) is 25.8. The van der Waals surface area contributed by atoms with E-state index in [0.29, 0.717) is 6.54 Å². The first-order valence-corrected chi connectivity index (χ1v) is 12.1. The lowest BCUT2D eigenvalue weighted by molar-refractivity contribution is 0.0560. The van der Waals surface area contributed by atoms with Gasteiger partial charge in [0.1, 0.15) is 0 Å². The predicted octanol–water partition coefficient (Wildman–Crippen LogP) is 4.65. The Labute approximate surface area is 210 Å². The van der Waals surface area contributed by atoms with Gasteiger partial charge in [0, 0.05) is 18.5 Å². The van der Waals surface area contributed by atoms with E-state index in [2.05, 4.69) is 5.10 Å². The minimum Gasteiger partial charge on any atom is -0.434 e. The van der Waals surface area contributed by atoms with Crippen LogP contribution in [0, 0.1) is 5.92 Å². The number of benzene rings is 2. The Kier molecular flexibility index (Phi) is 7.52. The van der Waals surface area contributed by atoms with E-state index in [1.165, 1.54) is 0 Å². The second kappa shape index (κ2) is 10.8. The molecule has 0 saturated heterocycles. The zero-order valence-corrected chi connectivity index (χ0v) is 21.0. The van der Waals surface area contributed by atoms with E-state index in [0.717, 1.165) is 17.3 Å². The summed E-state index contributed by atoms with van der Waals surface area (Å²) >= 11 is 0. The third-order valence-corrected chi connectivity index (χ3v) is 6.17. The highest BCUT2D eigenvalue weighted by molar-refractivity contribution is 5.96. The third kappa shape index (κ3) is 5.17. The molecule has 0 radical (unpaired) electrons. The van der Waals surface area contributed by atoms with Crippen LogP contribution in [0.3, 0.4) is 0 Å². The molecule has 36 heavy (non-hydrogen) atoms. The Balaban J connectivity index is 1.87. The van der Waals surface area contributed by atoms with E-state index in [4.69, 9.17) is 9.47 Å². The van der Waals surface area contributed by atoms with Crippen LogP contribution in [0.2, 0.25) is 0 Å². The Morgan fingerprint density at radius 2 is 1.56 bits per heavy atom. The van der Waals surface area contributed by atoms with Crippen LogP contribution < -0.4 is 10.2 Å². The smallest absolute Gasteiger partial charge is 0.434 e. The Bertz CT molecular complexity index is 1230. The van der Waals surface area contributed by atoms with E-state index < -0.39 is 17.5 Å². The number of rotatable bonds is 7. The van der Waals surface area contributed by atoms with E-state index in [9.17, 15) is 14.4 Å². The number of carbonyl (C=O) groups excluding carboxylic acids is 2. The average Bonchev–Trinajstić information content (AvgIpc) is 2.86. The summed E-state index contributed by atoms with van der Waals surface area (Å²) in [5.74, 6) is -0.877. The monoisotopic (exact) mass is 489 g/mol. The fraction of sp³-hybridized carbons (Fsp3) is 0.357. The molecule has 0 aliphatic carbocycles. The highest BCUT2D eigenvalue weighted by atomic mass is 16.7. The lowest BCUT2D eigenvalue weighted by atomic mass is 9.83. The molecule has 1 aliphatic rings. The molecule has 4 rings (SSSR count). The van der Waals surface area contributed by atoms with Crippen LogP contribution in [0.1, 0.15) is 61.3 Å². The quantitative estimate of drug-likeness (QED) is 0.449. The van der Waals surface area contributed by atoms with Crippen LogP contribution in [-0.2, 0) is 4.74 Å². The van der Waals surface area contributed by atoms with Crippen molar-refractivity contribution in [1.82, 2.24) is 14.7 Å². The van der Waals surface area contributed by atoms with Gasteiger partial charge >= 0.3 is 6.16 Å². The van der Waals surface area contributed by atoms with Crippen LogP contribution >= 0.6 is 0 Å². The molecule has 0 unspecified atom stereocenters. The Morgan fingerprint density at radius 3 is 2.08 bits per heavy atom. The SMILES string of the molecule is CC(C)COC(=O)Oc1c2n(ncc1=O)[C@@H](C(c1ccccc1)c1ccccc1)CN(C(C)C)C2=O. The van der Waals surface area contributed by atoms with E-state index in [1.807, 2.05) is 88.4 Å². The van der Waals surface area contributed by atoms with Crippen LogP contribution in [0.4, 0.5) is 4.79 Å². The van der Waals surface area contributed by atoms with Gasteiger partial charge in [-0.1, -0.05) is 74.5 Å². The first-order valence-electron chi connectivity index (χ1n) is 12.1. The molecule has 0 fully saturated rings. The van der Waals surface area contributed by atoms with Gasteiger partial charge < -0.3 is 14.4 Å². The van der Waals surface area contributed by atoms with Crippen molar-refractivity contribution in [2.45, 2.75) is 45.7 Å². The van der Waals surface area contributed by atoms with Gasteiger partial charge in [0.05, 0.1) is 18.8 Å². The van der Waals surface area contributed by atoms with Crippen LogP contribution in [-0.4, -0.2) is 45.9 Å². The fourth-order valence-electron chi connectivity index (χ4n) is 4.49. The first kappa shape index (κ1) is 25.2. The average molecular weight is 490 g/mol. The molecular formula is C28H31N3O5. The number of fused-ring (bicyclic) bond motifs is 1. The van der Waals surface area contributed by atoms with Crippen molar-refractivity contribution in [1.29, 1.82) is 0 Å². The van der Waals surface area contributed by atoms with Gasteiger partial charge in [0.25, 0.3) is 5.91 Å². The van der Waals surface area contributed by atoms with Gasteiger partial charge in [-0.2, -0.15) is 5.10 Å². The molecule has 1 aliphatic heterocycles. The minimum absolute atomic E-state index is 0.0502. The largest absolute Gasteiger partial charge is 0.514 e. The first-order chi connectivity index (χ1) is 17.3. The zero-order valence-electron chi connectivity index (χ0n) is 21.0. The number of ether oxygens (including phenoxy) is 2. The summed E-state index contributed by atoms with van der Waals surface area (Å²) in [5.41, 5.74) is 1.37. The number of hydrogen-bond acceptors (Lipinski definition) is 6. The molecule has 0 saturated carbocycles. The van der Waals surface area contributed by atoms with Crippen molar-refractivity contribution < 1.29 is 19.1 Å². The maximum Gasteiger partial charge on any atom is 0.514 e. The van der Waals surface area contributed by atoms with Gasteiger partial charge in [0.15, 0.2) is 5.69 Å². The van der Waals surface area contributed by atoms with Gasteiger partial charge in [-0.25, -0.2) is 4.79 Å². The maximum absolute atomic E-state index is 13.6.